The van der Waals surface area contributed by atoms with Crippen LogP contribution >= 0.6 is 0 Å². The number of hydrogen-bond donors (Lipinski definition) is 0. The number of hydrogen-bond acceptors (Lipinski definition) is 2. The SMILES string of the molecule is Cc1nc(C)c2/c(n1)=C\C=C\C=C\C=2. The van der Waals surface area contributed by atoms with E-state index in [1.165, 1.54) is 0 Å². The van der Waals surface area contributed by atoms with Crippen molar-refractivity contribution in [1.29, 1.82) is 0 Å². The predicted octanol–water partition coefficient (Wildman–Crippen LogP) is 0.780. The lowest BCUT2D eigenvalue weighted by Crippen LogP contribution is -2.32. The van der Waals surface area contributed by atoms with Crippen LogP contribution in [0, 0.1) is 13.8 Å². The Bertz CT molecular complexity index is 522. The maximum Gasteiger partial charge on any atom is 0.126 e. The molecule has 14 heavy (non-hydrogen) atoms. The third-order valence-electron chi connectivity index (χ3n) is 2.13. The Morgan fingerprint density at radius 1 is 0.857 bits per heavy atom. The molecule has 70 valence electrons. The molecule has 0 N–H and O–H groups in total. The third-order valence-corrected chi connectivity index (χ3v) is 2.13. The molecule has 0 bridgehead atoms. The number of fused-ring (bicyclic) bond motifs is 1. The van der Waals surface area contributed by atoms with Crippen molar-refractivity contribution in [2.45, 2.75) is 13.8 Å². The van der Waals surface area contributed by atoms with Crippen molar-refractivity contribution in [3.63, 3.8) is 0 Å². The van der Waals surface area contributed by atoms with Crippen LogP contribution in [-0.4, -0.2) is 9.97 Å². The Hall–Kier alpha value is -1.70. The number of allylic oxidation sites excluding steroid dienone is 4. The summed E-state index contributed by atoms with van der Waals surface area (Å²) in [5, 5.41) is 2.10. The van der Waals surface area contributed by atoms with Crippen LogP contribution < -0.4 is 10.6 Å². The Labute approximate surface area is 83.0 Å². The van der Waals surface area contributed by atoms with E-state index in [2.05, 4.69) is 9.97 Å². The van der Waals surface area contributed by atoms with Gasteiger partial charge in [-0.15, -0.1) is 0 Å². The maximum atomic E-state index is 4.39. The number of aromatic nitrogens is 2. The maximum absolute atomic E-state index is 4.39. The van der Waals surface area contributed by atoms with Crippen molar-refractivity contribution in [3.05, 3.63) is 46.4 Å². The highest BCUT2D eigenvalue weighted by atomic mass is 14.9. The van der Waals surface area contributed by atoms with E-state index in [1.807, 2.05) is 50.3 Å². The first-order valence-corrected chi connectivity index (χ1v) is 4.64. The molecule has 2 heteroatoms. The van der Waals surface area contributed by atoms with E-state index in [0.29, 0.717) is 0 Å². The summed E-state index contributed by atoms with van der Waals surface area (Å²) in [5.74, 6) is 0.823. The van der Waals surface area contributed by atoms with Gasteiger partial charge in [-0.05, 0) is 19.9 Å². The van der Waals surface area contributed by atoms with E-state index in [0.717, 1.165) is 22.1 Å². The van der Waals surface area contributed by atoms with Crippen molar-refractivity contribution in [2.24, 2.45) is 0 Å². The van der Waals surface area contributed by atoms with Gasteiger partial charge in [-0.25, -0.2) is 9.97 Å². The second-order valence-corrected chi connectivity index (χ2v) is 3.26. The molecule has 0 amide bonds. The van der Waals surface area contributed by atoms with E-state index in [1.54, 1.807) is 0 Å². The normalized spacial score (nSPS) is 23.0. The van der Waals surface area contributed by atoms with E-state index in [4.69, 9.17) is 0 Å². The van der Waals surface area contributed by atoms with Crippen LogP contribution in [0.25, 0.3) is 12.2 Å². The molecular weight excluding hydrogens is 172 g/mol. The highest BCUT2D eigenvalue weighted by molar-refractivity contribution is 5.47. The van der Waals surface area contributed by atoms with Crippen LogP contribution in [0.2, 0.25) is 0 Å². The summed E-state index contributed by atoms with van der Waals surface area (Å²) in [4.78, 5) is 8.73. The minimum atomic E-state index is 0.823. The lowest BCUT2D eigenvalue weighted by atomic mass is 10.2. The first kappa shape index (κ1) is 8.88. The van der Waals surface area contributed by atoms with E-state index >= 15 is 0 Å². The van der Waals surface area contributed by atoms with Gasteiger partial charge in [-0.2, -0.15) is 0 Å². The quantitative estimate of drug-likeness (QED) is 0.595. The Morgan fingerprint density at radius 2 is 1.57 bits per heavy atom. The third kappa shape index (κ3) is 1.64. The van der Waals surface area contributed by atoms with Gasteiger partial charge in [0, 0.05) is 10.9 Å². The molecule has 0 unspecified atom stereocenters. The second kappa shape index (κ2) is 3.58. The Morgan fingerprint density at radius 3 is 2.36 bits per heavy atom. The summed E-state index contributed by atoms with van der Waals surface area (Å²) in [6.07, 6.45) is 12.0. The Balaban J connectivity index is 2.87. The van der Waals surface area contributed by atoms with Crippen LogP contribution in [0.15, 0.2) is 24.3 Å². The van der Waals surface area contributed by atoms with Crippen LogP contribution in [-0.2, 0) is 0 Å². The first-order valence-electron chi connectivity index (χ1n) is 4.64. The molecule has 1 aliphatic carbocycles. The molecule has 2 nitrogen and oxygen atoms in total. The highest BCUT2D eigenvalue weighted by Gasteiger charge is 1.95. The molecule has 0 spiro atoms. The molecule has 0 saturated carbocycles. The van der Waals surface area contributed by atoms with Crippen LogP contribution in [0.4, 0.5) is 0 Å². The van der Waals surface area contributed by atoms with Gasteiger partial charge in [0.05, 0.1) is 5.35 Å². The van der Waals surface area contributed by atoms with Crippen LogP contribution in [0.1, 0.15) is 11.5 Å². The van der Waals surface area contributed by atoms with E-state index < -0.39 is 0 Å². The van der Waals surface area contributed by atoms with Gasteiger partial charge in [0.25, 0.3) is 0 Å². The van der Waals surface area contributed by atoms with Crippen molar-refractivity contribution in [1.82, 2.24) is 9.97 Å². The molecule has 1 aliphatic rings. The molecule has 0 saturated heterocycles. The van der Waals surface area contributed by atoms with Crippen LogP contribution in [0.3, 0.4) is 0 Å². The fraction of sp³-hybridized carbons (Fsp3) is 0.167. The van der Waals surface area contributed by atoms with Gasteiger partial charge < -0.3 is 0 Å². The zero-order chi connectivity index (χ0) is 9.97. The summed E-state index contributed by atoms with van der Waals surface area (Å²) in [6.45, 7) is 3.93. The van der Waals surface area contributed by atoms with Gasteiger partial charge >= 0.3 is 0 Å². The fourth-order valence-corrected chi connectivity index (χ4v) is 1.51. The summed E-state index contributed by atoms with van der Waals surface area (Å²) in [6, 6.07) is 0. The minimum Gasteiger partial charge on any atom is -0.238 e. The molecule has 0 fully saturated rings. The number of nitrogens with zero attached hydrogens (tertiary/aromatic N) is 2. The summed E-state index contributed by atoms with van der Waals surface area (Å²) < 4.78 is 0. The summed E-state index contributed by atoms with van der Waals surface area (Å²) >= 11 is 0. The molecule has 0 radical (unpaired) electrons. The number of rotatable bonds is 0. The van der Waals surface area contributed by atoms with Crippen molar-refractivity contribution >= 4 is 12.2 Å². The molecule has 0 aliphatic heterocycles. The molecule has 1 aromatic rings. The standard InChI is InChI=1S/C12H12N2/c1-9-11-7-5-3-4-6-8-12(11)14-10(2)13-9/h3-8H,1-2H3/b4-3?,5-3+,6-4+,7-5?,8-6?,11-7-,12-8+. The van der Waals surface area contributed by atoms with E-state index in [-0.39, 0.29) is 0 Å². The minimum absolute atomic E-state index is 0.823. The van der Waals surface area contributed by atoms with Crippen molar-refractivity contribution in [2.75, 3.05) is 0 Å². The first-order chi connectivity index (χ1) is 6.77. The average Bonchev–Trinajstić information content (AvgIpc) is 2.07. The topological polar surface area (TPSA) is 25.8 Å². The summed E-state index contributed by atoms with van der Waals surface area (Å²) in [7, 11) is 0. The molecule has 0 aromatic carbocycles. The van der Waals surface area contributed by atoms with Gasteiger partial charge in [0.1, 0.15) is 5.82 Å². The van der Waals surface area contributed by atoms with Gasteiger partial charge in [0.2, 0.25) is 0 Å². The monoisotopic (exact) mass is 184 g/mol. The van der Waals surface area contributed by atoms with Gasteiger partial charge in [0.15, 0.2) is 0 Å². The fourth-order valence-electron chi connectivity index (χ4n) is 1.51. The van der Waals surface area contributed by atoms with Crippen molar-refractivity contribution in [3.8, 4) is 0 Å². The molecule has 1 heterocycles. The smallest absolute Gasteiger partial charge is 0.126 e. The molecule has 1 aromatic heterocycles. The van der Waals surface area contributed by atoms with Crippen molar-refractivity contribution < 1.29 is 0 Å². The summed E-state index contributed by atoms with van der Waals surface area (Å²) in [5.41, 5.74) is 1.03. The Kier molecular flexibility index (Phi) is 2.27. The van der Waals surface area contributed by atoms with Gasteiger partial charge in [-0.1, -0.05) is 30.4 Å². The lowest BCUT2D eigenvalue weighted by Gasteiger charge is -1.98. The predicted molar refractivity (Wildman–Crippen MR) is 58.0 cm³/mol. The average molecular weight is 184 g/mol. The molecule has 0 atom stereocenters. The lowest BCUT2D eigenvalue weighted by molar-refractivity contribution is 0.967. The number of aryl methyl sites for hydroxylation is 2. The second-order valence-electron chi connectivity index (χ2n) is 3.26. The van der Waals surface area contributed by atoms with Gasteiger partial charge in [-0.3, -0.25) is 0 Å². The van der Waals surface area contributed by atoms with E-state index in [9.17, 15) is 0 Å². The largest absolute Gasteiger partial charge is 0.238 e. The zero-order valence-electron chi connectivity index (χ0n) is 8.36. The molecule has 2 rings (SSSR count). The molecular formula is C12H12N2. The zero-order valence-corrected chi connectivity index (χ0v) is 8.36. The highest BCUT2D eigenvalue weighted by Crippen LogP contribution is 1.86. The van der Waals surface area contributed by atoms with Crippen LogP contribution in [0.5, 0.6) is 0 Å².